The van der Waals surface area contributed by atoms with Crippen molar-refractivity contribution in [1.82, 2.24) is 14.5 Å². The SMILES string of the molecule is CC(C)n1c(=O)n(-c2cc(OC(F)F)ccc2F)c2ccc(C(=O)NC3(C)CS(O)(O)C3)cc21. The Hall–Kier alpha value is -2.96. The van der Waals surface area contributed by atoms with Crippen LogP contribution in [0.2, 0.25) is 0 Å². The van der Waals surface area contributed by atoms with Crippen LogP contribution in [0.25, 0.3) is 16.7 Å². The average molecular weight is 500 g/mol. The summed E-state index contributed by atoms with van der Waals surface area (Å²) >= 11 is 0. The van der Waals surface area contributed by atoms with Crippen molar-refractivity contribution in [3.8, 4) is 11.4 Å². The first-order valence-corrected chi connectivity index (χ1v) is 12.3. The summed E-state index contributed by atoms with van der Waals surface area (Å²) in [6.07, 6.45) is 0. The number of imidazole rings is 1. The molecule has 1 aliphatic heterocycles. The number of aromatic nitrogens is 2. The normalized spacial score (nSPS) is 17.6. The molecule has 0 radical (unpaired) electrons. The van der Waals surface area contributed by atoms with E-state index in [4.69, 9.17) is 0 Å². The van der Waals surface area contributed by atoms with E-state index in [1.807, 2.05) is 0 Å². The number of hydrogen-bond donors (Lipinski definition) is 3. The van der Waals surface area contributed by atoms with Crippen LogP contribution in [-0.2, 0) is 0 Å². The number of benzene rings is 2. The monoisotopic (exact) mass is 499 g/mol. The van der Waals surface area contributed by atoms with Crippen molar-refractivity contribution in [3.05, 3.63) is 58.3 Å². The van der Waals surface area contributed by atoms with Crippen molar-refractivity contribution >= 4 is 27.5 Å². The van der Waals surface area contributed by atoms with Gasteiger partial charge in [-0.2, -0.15) is 19.4 Å². The fraction of sp³-hybridized carbons (Fsp3) is 0.364. The summed E-state index contributed by atoms with van der Waals surface area (Å²) in [6.45, 7) is 2.07. The van der Waals surface area contributed by atoms with Crippen LogP contribution in [0.15, 0.2) is 41.2 Å². The van der Waals surface area contributed by atoms with Gasteiger partial charge in [0.2, 0.25) is 0 Å². The summed E-state index contributed by atoms with van der Waals surface area (Å²) in [5, 5.41) is 2.79. The van der Waals surface area contributed by atoms with E-state index in [0.717, 1.165) is 22.8 Å². The highest BCUT2D eigenvalue weighted by molar-refractivity contribution is 8.25. The maximum absolute atomic E-state index is 14.7. The Kier molecular flexibility index (Phi) is 5.95. The number of ether oxygens (including phenoxy) is 1. The van der Waals surface area contributed by atoms with Crippen LogP contribution in [-0.4, -0.2) is 47.8 Å². The molecule has 1 amide bonds. The largest absolute Gasteiger partial charge is 0.435 e. The summed E-state index contributed by atoms with van der Waals surface area (Å²) in [5.41, 5.74) is -0.808. The van der Waals surface area contributed by atoms with Crippen molar-refractivity contribution in [1.29, 1.82) is 0 Å². The van der Waals surface area contributed by atoms with Crippen molar-refractivity contribution < 1.29 is 31.8 Å². The zero-order valence-corrected chi connectivity index (χ0v) is 19.4. The highest BCUT2D eigenvalue weighted by Crippen LogP contribution is 2.53. The Balaban J connectivity index is 1.80. The van der Waals surface area contributed by atoms with Crippen molar-refractivity contribution in [3.63, 3.8) is 0 Å². The maximum Gasteiger partial charge on any atom is 0.387 e. The standard InChI is InChI=1S/C22H24F3N3O5S/c1-12(2)27-18-8-13(19(29)26-22(3)10-34(31,32)11-22)4-7-16(18)28(21(27)30)17-9-14(33-20(24)25)5-6-15(17)23/h4-9,12,20,31-32H,10-11H2,1-3H3,(H,26,29). The van der Waals surface area contributed by atoms with Gasteiger partial charge in [0.1, 0.15) is 11.6 Å². The Labute approximate surface area is 194 Å². The lowest BCUT2D eigenvalue weighted by atomic mass is 10.1. The van der Waals surface area contributed by atoms with Gasteiger partial charge >= 0.3 is 12.3 Å². The molecule has 12 heteroatoms. The van der Waals surface area contributed by atoms with E-state index in [-0.39, 0.29) is 40.1 Å². The van der Waals surface area contributed by atoms with Crippen LogP contribution in [0.4, 0.5) is 13.2 Å². The molecule has 1 aromatic heterocycles. The van der Waals surface area contributed by atoms with Crippen LogP contribution in [0.3, 0.4) is 0 Å². The molecular weight excluding hydrogens is 475 g/mol. The number of alkyl halides is 2. The average Bonchev–Trinajstić information content (AvgIpc) is 2.98. The molecule has 0 unspecified atom stereocenters. The molecule has 0 aliphatic carbocycles. The third kappa shape index (κ3) is 4.40. The first kappa shape index (κ1) is 24.2. The third-order valence-electron chi connectivity index (χ3n) is 5.55. The number of amides is 1. The maximum atomic E-state index is 14.7. The lowest BCUT2D eigenvalue weighted by molar-refractivity contribution is -0.0498. The molecule has 0 spiro atoms. The second kappa shape index (κ2) is 8.36. The van der Waals surface area contributed by atoms with E-state index in [1.165, 1.54) is 22.8 Å². The van der Waals surface area contributed by atoms with Gasteiger partial charge in [0.05, 0.1) is 33.8 Å². The lowest BCUT2D eigenvalue weighted by Crippen LogP contribution is -2.61. The predicted octanol–water partition coefficient (Wildman–Crippen LogP) is 4.37. The molecule has 3 N–H and O–H groups in total. The molecule has 0 saturated carbocycles. The van der Waals surface area contributed by atoms with Gasteiger partial charge in [-0.15, -0.1) is 0 Å². The molecule has 2 aromatic carbocycles. The van der Waals surface area contributed by atoms with Crippen molar-refractivity contribution in [2.24, 2.45) is 0 Å². The molecular formula is C22H24F3N3O5S. The van der Waals surface area contributed by atoms with Crippen molar-refractivity contribution in [2.75, 3.05) is 11.5 Å². The summed E-state index contributed by atoms with van der Waals surface area (Å²) in [7, 11) is -2.67. The number of carbonyl (C=O) groups excluding carboxylic acids is 1. The topological polar surface area (TPSA) is 106 Å². The molecule has 1 saturated heterocycles. The van der Waals surface area contributed by atoms with Crippen molar-refractivity contribution in [2.45, 2.75) is 39.0 Å². The van der Waals surface area contributed by atoms with Gasteiger partial charge in [-0.25, -0.2) is 9.18 Å². The van der Waals surface area contributed by atoms with Gasteiger partial charge in [0.15, 0.2) is 0 Å². The smallest absolute Gasteiger partial charge is 0.387 e. The molecule has 2 heterocycles. The number of halogens is 3. The van der Waals surface area contributed by atoms with Gasteiger partial charge in [0.25, 0.3) is 5.91 Å². The van der Waals surface area contributed by atoms with Crippen LogP contribution < -0.4 is 15.7 Å². The van der Waals surface area contributed by atoms with Crippen LogP contribution >= 0.6 is 10.6 Å². The number of rotatable bonds is 6. The van der Waals surface area contributed by atoms with Crippen LogP contribution in [0, 0.1) is 5.82 Å². The Bertz CT molecular complexity index is 1330. The fourth-order valence-electron chi connectivity index (χ4n) is 4.33. The summed E-state index contributed by atoms with van der Waals surface area (Å²) in [5.74, 6) is -1.48. The fourth-order valence-corrected chi connectivity index (χ4v) is 6.43. The first-order valence-electron chi connectivity index (χ1n) is 10.4. The minimum absolute atomic E-state index is 0.0529. The van der Waals surface area contributed by atoms with Gasteiger partial charge < -0.3 is 10.1 Å². The number of fused-ring (bicyclic) bond motifs is 1. The Morgan fingerprint density at radius 1 is 1.15 bits per heavy atom. The molecule has 0 bridgehead atoms. The lowest BCUT2D eigenvalue weighted by Gasteiger charge is -2.54. The van der Waals surface area contributed by atoms with E-state index in [9.17, 15) is 31.9 Å². The second-order valence-corrected chi connectivity index (χ2v) is 11.1. The summed E-state index contributed by atoms with van der Waals surface area (Å²) in [6, 6.07) is 7.04. The van der Waals surface area contributed by atoms with E-state index in [0.29, 0.717) is 5.52 Å². The predicted molar refractivity (Wildman–Crippen MR) is 123 cm³/mol. The molecule has 0 atom stereocenters. The second-order valence-electron chi connectivity index (χ2n) is 8.88. The van der Waals surface area contributed by atoms with E-state index >= 15 is 0 Å². The summed E-state index contributed by atoms with van der Waals surface area (Å²) < 4.78 is 66.1. The van der Waals surface area contributed by atoms with E-state index in [2.05, 4.69) is 10.1 Å². The quantitative estimate of drug-likeness (QED) is 0.467. The van der Waals surface area contributed by atoms with Gasteiger partial charge in [-0.05, 0) is 51.1 Å². The highest BCUT2D eigenvalue weighted by atomic mass is 32.3. The van der Waals surface area contributed by atoms with Crippen LogP contribution in [0.5, 0.6) is 5.75 Å². The third-order valence-corrected chi connectivity index (χ3v) is 7.75. The summed E-state index contributed by atoms with van der Waals surface area (Å²) in [4.78, 5) is 26.1. The number of nitrogens with zero attached hydrogens (tertiary/aromatic N) is 2. The van der Waals surface area contributed by atoms with Gasteiger partial charge in [-0.1, -0.05) is 0 Å². The van der Waals surface area contributed by atoms with E-state index in [1.54, 1.807) is 20.8 Å². The Morgan fingerprint density at radius 2 is 1.82 bits per heavy atom. The van der Waals surface area contributed by atoms with E-state index < -0.39 is 40.2 Å². The molecule has 184 valence electrons. The van der Waals surface area contributed by atoms with Gasteiger partial charge in [-0.3, -0.25) is 23.0 Å². The molecule has 3 aromatic rings. The number of carbonyl (C=O) groups is 1. The van der Waals surface area contributed by atoms with Gasteiger partial charge in [0, 0.05) is 17.7 Å². The highest BCUT2D eigenvalue weighted by Gasteiger charge is 2.45. The molecule has 8 nitrogen and oxygen atoms in total. The molecule has 4 rings (SSSR count). The Morgan fingerprint density at radius 3 is 2.41 bits per heavy atom. The zero-order valence-electron chi connectivity index (χ0n) is 18.6. The molecule has 1 aliphatic rings. The minimum Gasteiger partial charge on any atom is -0.435 e. The minimum atomic E-state index is -3.12. The molecule has 34 heavy (non-hydrogen) atoms. The molecule has 1 fully saturated rings. The number of hydrogen-bond acceptors (Lipinski definition) is 5. The number of nitrogens with one attached hydrogen (secondary N) is 1. The first-order chi connectivity index (χ1) is 15.8. The van der Waals surface area contributed by atoms with Crippen LogP contribution in [0.1, 0.15) is 37.2 Å². The zero-order chi connectivity index (χ0) is 25.0.